The van der Waals surface area contributed by atoms with E-state index in [1.165, 1.54) is 34.6 Å². The second-order valence-corrected chi connectivity index (χ2v) is 9.14. The van der Waals surface area contributed by atoms with Crippen LogP contribution in [-0.2, 0) is 0 Å². The first-order chi connectivity index (χ1) is 12.6. The predicted octanol–water partition coefficient (Wildman–Crippen LogP) is 5.91. The van der Waals surface area contributed by atoms with E-state index < -0.39 is 0 Å². The van der Waals surface area contributed by atoms with Gasteiger partial charge < -0.3 is 5.32 Å². The molecule has 1 aromatic carbocycles. The molecular formula is C20H22Cl2N2OS2. The van der Waals surface area contributed by atoms with E-state index in [1.807, 2.05) is 12.1 Å². The molecule has 0 spiro atoms. The normalized spacial score (nSPS) is 15.6. The number of carbonyl (C=O) groups excluding carboxylic acids is 1. The molecule has 27 heavy (non-hydrogen) atoms. The summed E-state index contributed by atoms with van der Waals surface area (Å²) in [7, 11) is 0. The minimum atomic E-state index is -0.0744. The van der Waals surface area contributed by atoms with Crippen molar-refractivity contribution in [3.63, 3.8) is 0 Å². The van der Waals surface area contributed by atoms with Gasteiger partial charge in [-0.15, -0.1) is 35.1 Å². The number of fused-ring (bicyclic) bond motifs is 1. The summed E-state index contributed by atoms with van der Waals surface area (Å²) in [6, 6.07) is 10.6. The number of halogens is 2. The van der Waals surface area contributed by atoms with Crippen LogP contribution in [0.4, 0.5) is 0 Å². The maximum absolute atomic E-state index is 12.8. The lowest BCUT2D eigenvalue weighted by Gasteiger charge is -2.26. The van der Waals surface area contributed by atoms with E-state index in [9.17, 15) is 4.79 Å². The summed E-state index contributed by atoms with van der Waals surface area (Å²) in [6.07, 6.45) is 2.47. The first kappa shape index (κ1) is 20.6. The van der Waals surface area contributed by atoms with Crippen molar-refractivity contribution >= 4 is 62.7 Å². The summed E-state index contributed by atoms with van der Waals surface area (Å²) in [4.78, 5) is 17.2. The summed E-state index contributed by atoms with van der Waals surface area (Å²) in [5.74, 6) is -0.0744. The van der Waals surface area contributed by atoms with Crippen LogP contribution in [0.5, 0.6) is 0 Å². The number of likely N-dealkylation sites (tertiary alicyclic amines) is 1. The lowest BCUT2D eigenvalue weighted by Crippen LogP contribution is -2.36. The van der Waals surface area contributed by atoms with E-state index in [0.717, 1.165) is 23.2 Å². The van der Waals surface area contributed by atoms with E-state index >= 15 is 0 Å². The molecule has 1 unspecified atom stereocenters. The van der Waals surface area contributed by atoms with Gasteiger partial charge in [0.25, 0.3) is 5.91 Å². The zero-order valence-corrected chi connectivity index (χ0v) is 18.2. The highest BCUT2D eigenvalue weighted by molar-refractivity contribution is 7.21. The molecule has 1 fully saturated rings. The Bertz CT molecular complexity index is 918. The van der Waals surface area contributed by atoms with Crippen LogP contribution < -0.4 is 5.32 Å². The lowest BCUT2D eigenvalue weighted by molar-refractivity contribution is 0.0942. The third-order valence-corrected chi connectivity index (χ3v) is 7.53. The van der Waals surface area contributed by atoms with Crippen LogP contribution in [0.25, 0.3) is 10.1 Å². The summed E-state index contributed by atoms with van der Waals surface area (Å²) in [5, 5.41) is 6.76. The number of thiophene rings is 2. The molecule has 0 radical (unpaired) electrons. The highest BCUT2D eigenvalue weighted by atomic mass is 35.5. The Morgan fingerprint density at radius 1 is 1.30 bits per heavy atom. The highest BCUT2D eigenvalue weighted by Crippen LogP contribution is 2.36. The fraction of sp³-hybridized carbons (Fsp3) is 0.350. The van der Waals surface area contributed by atoms with E-state index in [1.54, 1.807) is 11.3 Å². The maximum atomic E-state index is 12.8. The van der Waals surface area contributed by atoms with Crippen LogP contribution in [0.3, 0.4) is 0 Å². The second-order valence-electron chi connectivity index (χ2n) is 6.73. The summed E-state index contributed by atoms with van der Waals surface area (Å²) < 4.78 is 1.06. The van der Waals surface area contributed by atoms with Gasteiger partial charge in [-0.3, -0.25) is 9.69 Å². The number of aryl methyl sites for hydroxylation is 1. The van der Waals surface area contributed by atoms with Crippen LogP contribution in [0.1, 0.15) is 39.0 Å². The van der Waals surface area contributed by atoms with Gasteiger partial charge in [0, 0.05) is 21.5 Å². The van der Waals surface area contributed by atoms with Crippen LogP contribution in [0, 0.1) is 6.92 Å². The summed E-state index contributed by atoms with van der Waals surface area (Å²) in [5.41, 5.74) is 1.18. The second kappa shape index (κ2) is 8.93. The molecule has 7 heteroatoms. The summed E-state index contributed by atoms with van der Waals surface area (Å²) >= 11 is 9.72. The van der Waals surface area contributed by atoms with Gasteiger partial charge in [-0.25, -0.2) is 0 Å². The van der Waals surface area contributed by atoms with Crippen molar-refractivity contribution in [2.75, 3.05) is 19.6 Å². The van der Waals surface area contributed by atoms with Gasteiger partial charge in [-0.05, 0) is 55.9 Å². The van der Waals surface area contributed by atoms with Crippen molar-refractivity contribution < 1.29 is 4.79 Å². The van der Waals surface area contributed by atoms with Gasteiger partial charge in [-0.2, -0.15) is 0 Å². The topological polar surface area (TPSA) is 32.3 Å². The number of hydrogen-bond donors (Lipinski definition) is 1. The van der Waals surface area contributed by atoms with Crippen LogP contribution in [-0.4, -0.2) is 30.4 Å². The Hall–Kier alpha value is -1.11. The van der Waals surface area contributed by atoms with E-state index in [-0.39, 0.29) is 24.4 Å². The zero-order chi connectivity index (χ0) is 18.1. The number of nitrogens with zero attached hydrogens (tertiary/aromatic N) is 1. The van der Waals surface area contributed by atoms with E-state index in [4.69, 9.17) is 11.6 Å². The third kappa shape index (κ3) is 4.33. The number of benzene rings is 1. The number of rotatable bonds is 5. The van der Waals surface area contributed by atoms with Crippen molar-refractivity contribution in [1.29, 1.82) is 0 Å². The largest absolute Gasteiger partial charge is 0.349 e. The molecule has 1 aliphatic heterocycles. The number of carbonyl (C=O) groups is 1. The maximum Gasteiger partial charge on any atom is 0.262 e. The third-order valence-electron chi connectivity index (χ3n) is 4.90. The van der Waals surface area contributed by atoms with Crippen molar-refractivity contribution in [1.82, 2.24) is 10.2 Å². The van der Waals surface area contributed by atoms with Gasteiger partial charge in [0.15, 0.2) is 0 Å². The van der Waals surface area contributed by atoms with Gasteiger partial charge in [0.2, 0.25) is 0 Å². The Kier molecular flexibility index (Phi) is 6.82. The zero-order valence-electron chi connectivity index (χ0n) is 15.0. The average Bonchev–Trinajstić information content (AvgIpc) is 3.37. The van der Waals surface area contributed by atoms with E-state index in [0.29, 0.717) is 16.4 Å². The smallest absolute Gasteiger partial charge is 0.262 e. The minimum Gasteiger partial charge on any atom is -0.349 e. The molecule has 144 valence electrons. The molecule has 0 bridgehead atoms. The molecule has 3 heterocycles. The fourth-order valence-corrected chi connectivity index (χ4v) is 5.92. The molecule has 0 saturated carbocycles. The monoisotopic (exact) mass is 440 g/mol. The van der Waals surface area contributed by atoms with Crippen molar-refractivity contribution in [3.8, 4) is 0 Å². The molecule has 0 aliphatic carbocycles. The van der Waals surface area contributed by atoms with Gasteiger partial charge in [0.05, 0.1) is 11.1 Å². The molecule has 3 nitrogen and oxygen atoms in total. The van der Waals surface area contributed by atoms with Gasteiger partial charge in [0.1, 0.15) is 4.88 Å². The SMILES string of the molecule is Cc1ccc2c(Cl)c(C(=O)NCC(c3cccs3)N3CCCC3)sc2c1.Cl. The standard InChI is InChI=1S/C20H21ClN2OS2.ClH/c1-13-6-7-14-17(11-13)26-19(18(14)21)20(24)22-12-15(16-5-4-10-25-16)23-8-2-3-9-23;/h4-7,10-11,15H,2-3,8-9,12H2,1H3,(H,22,24);1H. The molecule has 4 rings (SSSR count). The van der Waals surface area contributed by atoms with Crippen molar-refractivity contribution in [2.45, 2.75) is 25.8 Å². The summed E-state index contributed by atoms with van der Waals surface area (Å²) in [6.45, 7) is 4.86. The number of amides is 1. The Morgan fingerprint density at radius 2 is 2.07 bits per heavy atom. The first-order valence-corrected chi connectivity index (χ1v) is 10.9. The van der Waals surface area contributed by atoms with Crippen molar-refractivity contribution in [3.05, 3.63) is 56.1 Å². The Balaban J connectivity index is 0.00000210. The minimum absolute atomic E-state index is 0. The molecule has 2 aromatic heterocycles. The predicted molar refractivity (Wildman–Crippen MR) is 119 cm³/mol. The number of hydrogen-bond acceptors (Lipinski definition) is 4. The fourth-order valence-electron chi connectivity index (χ4n) is 3.53. The Labute approximate surface area is 178 Å². The quantitative estimate of drug-likeness (QED) is 0.534. The first-order valence-electron chi connectivity index (χ1n) is 8.88. The van der Waals surface area contributed by atoms with Gasteiger partial charge in [-0.1, -0.05) is 29.8 Å². The molecular weight excluding hydrogens is 419 g/mol. The van der Waals surface area contributed by atoms with Crippen LogP contribution >= 0.6 is 46.7 Å². The Morgan fingerprint density at radius 3 is 2.78 bits per heavy atom. The average molecular weight is 441 g/mol. The van der Waals surface area contributed by atoms with Crippen molar-refractivity contribution in [2.24, 2.45) is 0 Å². The van der Waals surface area contributed by atoms with E-state index in [2.05, 4.69) is 40.7 Å². The van der Waals surface area contributed by atoms with Crippen LogP contribution in [0.15, 0.2) is 35.7 Å². The molecule has 1 aliphatic rings. The van der Waals surface area contributed by atoms with Gasteiger partial charge >= 0.3 is 0 Å². The molecule has 1 N–H and O–H groups in total. The number of nitrogens with one attached hydrogen (secondary N) is 1. The van der Waals surface area contributed by atoms with Crippen LogP contribution in [0.2, 0.25) is 5.02 Å². The molecule has 3 aromatic rings. The molecule has 1 saturated heterocycles. The highest BCUT2D eigenvalue weighted by Gasteiger charge is 2.25. The molecule has 1 amide bonds. The lowest BCUT2D eigenvalue weighted by atomic mass is 10.2. The molecule has 1 atom stereocenters.